The van der Waals surface area contributed by atoms with Gasteiger partial charge in [-0.25, -0.2) is 0 Å². The van der Waals surface area contributed by atoms with E-state index < -0.39 is 67.2 Å². The third-order valence-electron chi connectivity index (χ3n) is 6.72. The van der Waals surface area contributed by atoms with Crippen molar-refractivity contribution in [2.24, 2.45) is 23.3 Å². The van der Waals surface area contributed by atoms with E-state index in [2.05, 4.69) is 0 Å². The van der Waals surface area contributed by atoms with Crippen LogP contribution in [0.25, 0.3) is 0 Å². The maximum atomic E-state index is 11.1. The predicted octanol–water partition coefficient (Wildman–Crippen LogP) is -2.59. The van der Waals surface area contributed by atoms with Crippen molar-refractivity contribution in [3.05, 3.63) is 0 Å². The van der Waals surface area contributed by atoms with E-state index in [0.29, 0.717) is 12.8 Å². The molecule has 2 heterocycles. The number of aliphatic hydroxyl groups excluding tert-OH is 5. The number of aliphatic hydroxyl groups is 5. The van der Waals surface area contributed by atoms with E-state index in [9.17, 15) is 25.5 Å². The lowest BCUT2D eigenvalue weighted by atomic mass is 9.70. The average molecular weight is 421 g/mol. The van der Waals surface area contributed by atoms with Crippen molar-refractivity contribution >= 4 is 0 Å². The molecule has 3 rings (SSSR count). The van der Waals surface area contributed by atoms with Crippen LogP contribution in [0.1, 0.15) is 33.1 Å². The average Bonchev–Trinajstić information content (AvgIpc) is 2.67. The molecule has 1 saturated carbocycles. The highest BCUT2D eigenvalue weighted by molar-refractivity contribution is 5.00. The summed E-state index contributed by atoms with van der Waals surface area (Å²) < 4.78 is 17.2. The molecule has 9 N–H and O–H groups in total. The molecule has 2 aliphatic heterocycles. The zero-order valence-electron chi connectivity index (χ0n) is 16.9. The van der Waals surface area contributed by atoms with E-state index in [4.69, 9.17) is 25.7 Å². The van der Waals surface area contributed by atoms with Gasteiger partial charge in [0.25, 0.3) is 0 Å². The van der Waals surface area contributed by atoms with E-state index in [0.717, 1.165) is 0 Å². The van der Waals surface area contributed by atoms with Gasteiger partial charge >= 0.3 is 0 Å². The summed E-state index contributed by atoms with van der Waals surface area (Å²) in [6.45, 7) is 3.74. The SMILES string of the molecule is CCC1OC(C2C(C)CC(N)C(OC3OCC(O)C(N)C3O)C2O)CC(O)C1O. The summed E-state index contributed by atoms with van der Waals surface area (Å²) in [6.07, 6.45) is -6.85. The molecule has 0 amide bonds. The second-order valence-corrected chi connectivity index (χ2v) is 8.80. The Labute approximate surface area is 170 Å². The van der Waals surface area contributed by atoms with Gasteiger partial charge in [-0.3, -0.25) is 0 Å². The summed E-state index contributed by atoms with van der Waals surface area (Å²) in [7, 11) is 0. The van der Waals surface area contributed by atoms with Crippen LogP contribution in [0.4, 0.5) is 0 Å². The van der Waals surface area contributed by atoms with Crippen molar-refractivity contribution in [3.8, 4) is 0 Å². The highest BCUT2D eigenvalue weighted by Gasteiger charge is 2.50. The van der Waals surface area contributed by atoms with Gasteiger partial charge in [0.2, 0.25) is 0 Å². The minimum absolute atomic E-state index is 0.00826. The van der Waals surface area contributed by atoms with Crippen LogP contribution in [0.15, 0.2) is 0 Å². The standard InChI is InChI=1S/C19H36N2O8/c1-3-11-15(24)9(22)5-12(28-11)13-7(2)4-8(20)18(16(13)25)29-19-17(26)14(21)10(23)6-27-19/h7-19,22-26H,3-6,20-21H2,1-2H3. The molecule has 0 spiro atoms. The molecule has 29 heavy (non-hydrogen) atoms. The first-order chi connectivity index (χ1) is 13.6. The Morgan fingerprint density at radius 2 is 1.66 bits per heavy atom. The van der Waals surface area contributed by atoms with Crippen molar-refractivity contribution in [1.29, 1.82) is 0 Å². The maximum Gasteiger partial charge on any atom is 0.185 e. The van der Waals surface area contributed by atoms with Gasteiger partial charge in [-0.1, -0.05) is 13.8 Å². The van der Waals surface area contributed by atoms with Crippen LogP contribution in [-0.2, 0) is 14.2 Å². The molecule has 13 unspecified atom stereocenters. The van der Waals surface area contributed by atoms with Crippen LogP contribution in [0, 0.1) is 11.8 Å². The van der Waals surface area contributed by atoms with Gasteiger partial charge in [0.1, 0.15) is 18.3 Å². The largest absolute Gasteiger partial charge is 0.390 e. The van der Waals surface area contributed by atoms with Gasteiger partial charge in [0, 0.05) is 18.4 Å². The summed E-state index contributed by atoms with van der Waals surface area (Å²) in [6, 6.07) is -1.43. The summed E-state index contributed by atoms with van der Waals surface area (Å²) in [5, 5.41) is 51.5. The third kappa shape index (κ3) is 4.62. The molecule has 10 heteroatoms. The van der Waals surface area contributed by atoms with Crippen LogP contribution < -0.4 is 11.5 Å². The van der Waals surface area contributed by atoms with Crippen LogP contribution in [-0.4, -0.2) is 99.3 Å². The lowest BCUT2D eigenvalue weighted by molar-refractivity contribution is -0.285. The summed E-state index contributed by atoms with van der Waals surface area (Å²) in [5.74, 6) is -0.387. The first-order valence-corrected chi connectivity index (χ1v) is 10.5. The minimum atomic E-state index is -1.26. The van der Waals surface area contributed by atoms with Crippen molar-refractivity contribution in [1.82, 2.24) is 0 Å². The molecule has 10 nitrogen and oxygen atoms in total. The minimum Gasteiger partial charge on any atom is -0.390 e. The van der Waals surface area contributed by atoms with Crippen molar-refractivity contribution in [2.75, 3.05) is 6.61 Å². The Balaban J connectivity index is 1.73. The molecule has 170 valence electrons. The molecule has 0 aromatic heterocycles. The fourth-order valence-corrected chi connectivity index (χ4v) is 4.96. The molecule has 0 bridgehead atoms. The molecular formula is C19H36N2O8. The number of hydrogen-bond donors (Lipinski definition) is 7. The molecule has 0 aromatic carbocycles. The zero-order valence-corrected chi connectivity index (χ0v) is 16.9. The molecule has 1 aliphatic carbocycles. The number of nitrogens with two attached hydrogens (primary N) is 2. The van der Waals surface area contributed by atoms with E-state index in [-0.39, 0.29) is 24.9 Å². The molecular weight excluding hydrogens is 384 g/mol. The van der Waals surface area contributed by atoms with Gasteiger partial charge in [-0.2, -0.15) is 0 Å². The van der Waals surface area contributed by atoms with E-state index in [1.54, 1.807) is 0 Å². The van der Waals surface area contributed by atoms with Crippen LogP contribution in [0.5, 0.6) is 0 Å². The first-order valence-electron chi connectivity index (χ1n) is 10.5. The third-order valence-corrected chi connectivity index (χ3v) is 6.72. The number of rotatable bonds is 4. The smallest absolute Gasteiger partial charge is 0.185 e. The molecule has 0 aromatic rings. The number of hydrogen-bond acceptors (Lipinski definition) is 10. The van der Waals surface area contributed by atoms with Crippen LogP contribution in [0.3, 0.4) is 0 Å². The molecule has 2 saturated heterocycles. The molecule has 3 fully saturated rings. The Kier molecular flexibility index (Phi) is 7.54. The molecule has 13 atom stereocenters. The van der Waals surface area contributed by atoms with Crippen molar-refractivity contribution in [2.45, 2.75) is 100 Å². The monoisotopic (exact) mass is 420 g/mol. The summed E-state index contributed by atoms with van der Waals surface area (Å²) in [4.78, 5) is 0. The van der Waals surface area contributed by atoms with Crippen molar-refractivity contribution in [3.63, 3.8) is 0 Å². The van der Waals surface area contributed by atoms with Gasteiger partial charge in [-0.15, -0.1) is 0 Å². The van der Waals surface area contributed by atoms with Crippen LogP contribution >= 0.6 is 0 Å². The first kappa shape index (κ1) is 23.3. The van der Waals surface area contributed by atoms with Gasteiger partial charge in [-0.05, 0) is 18.8 Å². The highest BCUT2D eigenvalue weighted by Crippen LogP contribution is 2.40. The highest BCUT2D eigenvalue weighted by atomic mass is 16.7. The Morgan fingerprint density at radius 1 is 0.966 bits per heavy atom. The second-order valence-electron chi connectivity index (χ2n) is 8.80. The zero-order chi connectivity index (χ0) is 21.5. The van der Waals surface area contributed by atoms with Gasteiger partial charge in [0.15, 0.2) is 6.29 Å². The van der Waals surface area contributed by atoms with E-state index in [1.807, 2.05) is 13.8 Å². The Bertz CT molecular complexity index is 542. The van der Waals surface area contributed by atoms with Gasteiger partial charge in [0.05, 0.1) is 43.2 Å². The Morgan fingerprint density at radius 3 is 2.31 bits per heavy atom. The molecule has 3 aliphatic rings. The maximum absolute atomic E-state index is 11.1. The van der Waals surface area contributed by atoms with E-state index >= 15 is 0 Å². The summed E-state index contributed by atoms with van der Waals surface area (Å²) >= 11 is 0. The predicted molar refractivity (Wildman–Crippen MR) is 101 cm³/mol. The van der Waals surface area contributed by atoms with Crippen molar-refractivity contribution < 1.29 is 39.7 Å². The normalized spacial score (nSPS) is 54.3. The topological polar surface area (TPSA) is 181 Å². The second kappa shape index (κ2) is 9.39. The lowest BCUT2D eigenvalue weighted by Crippen LogP contribution is -2.64. The fourth-order valence-electron chi connectivity index (χ4n) is 4.96. The fraction of sp³-hybridized carbons (Fsp3) is 1.00. The Hall–Kier alpha value is -0.400. The number of ether oxygens (including phenoxy) is 3. The van der Waals surface area contributed by atoms with Crippen LogP contribution in [0.2, 0.25) is 0 Å². The van der Waals surface area contributed by atoms with E-state index in [1.165, 1.54) is 0 Å². The summed E-state index contributed by atoms with van der Waals surface area (Å²) in [5.41, 5.74) is 12.0. The molecule has 0 radical (unpaired) electrons. The lowest BCUT2D eigenvalue weighted by Gasteiger charge is -2.49. The van der Waals surface area contributed by atoms with Gasteiger partial charge < -0.3 is 51.2 Å². The quantitative estimate of drug-likeness (QED) is 0.255.